The van der Waals surface area contributed by atoms with Gasteiger partial charge in [-0.25, -0.2) is 0 Å². The molecule has 1 fully saturated rings. The minimum atomic E-state index is 1.06. The molecule has 1 aliphatic rings. The summed E-state index contributed by atoms with van der Waals surface area (Å²) in [4.78, 5) is 0. The Kier molecular flexibility index (Phi) is 5.58. The third kappa shape index (κ3) is 4.00. The Morgan fingerprint density at radius 1 is 1.12 bits per heavy atom. The molecule has 0 N–H and O–H groups in total. The van der Waals surface area contributed by atoms with Gasteiger partial charge in [-0.3, -0.25) is 0 Å². The summed E-state index contributed by atoms with van der Waals surface area (Å²) in [6, 6.07) is 8.81. The minimum absolute atomic E-state index is 1.06. The molecule has 0 nitrogen and oxygen atoms in total. The van der Waals surface area contributed by atoms with Crippen LogP contribution in [-0.2, 0) is 6.42 Å². The van der Waals surface area contributed by atoms with E-state index in [0.29, 0.717) is 0 Å². The second kappa shape index (κ2) is 6.96. The second-order valence-electron chi connectivity index (χ2n) is 4.63. The van der Waals surface area contributed by atoms with Crippen LogP contribution in [0.4, 0.5) is 0 Å². The standard InChI is InChI=1S/C14H20IP/c15-14-9-5-4-6-12(14)10-11-16-13-7-2-1-3-8-13/h4-6,9,13,16H,1-3,7-8,10-11H2. The molecule has 88 valence electrons. The summed E-state index contributed by atoms with van der Waals surface area (Å²) in [7, 11) is 1.20. The monoisotopic (exact) mass is 346 g/mol. The van der Waals surface area contributed by atoms with Gasteiger partial charge in [-0.1, -0.05) is 37.5 Å². The van der Waals surface area contributed by atoms with Gasteiger partial charge in [0.05, 0.1) is 0 Å². The van der Waals surface area contributed by atoms with Crippen molar-refractivity contribution in [3.05, 3.63) is 33.4 Å². The number of rotatable bonds is 4. The molecular formula is C14H20IP. The average Bonchev–Trinajstić information content (AvgIpc) is 2.33. The molecular weight excluding hydrogens is 326 g/mol. The highest BCUT2D eigenvalue weighted by molar-refractivity contribution is 14.1. The van der Waals surface area contributed by atoms with Crippen LogP contribution in [0.3, 0.4) is 0 Å². The Balaban J connectivity index is 1.73. The van der Waals surface area contributed by atoms with Gasteiger partial charge in [0.15, 0.2) is 0 Å². The molecule has 1 aromatic carbocycles. The van der Waals surface area contributed by atoms with E-state index in [0.717, 1.165) is 5.66 Å². The van der Waals surface area contributed by atoms with Crippen molar-refractivity contribution in [1.29, 1.82) is 0 Å². The highest BCUT2D eigenvalue weighted by atomic mass is 127. The van der Waals surface area contributed by atoms with Crippen molar-refractivity contribution in [3.63, 3.8) is 0 Å². The summed E-state index contributed by atoms with van der Waals surface area (Å²) in [5.74, 6) is 0. The zero-order chi connectivity index (χ0) is 11.2. The van der Waals surface area contributed by atoms with E-state index < -0.39 is 0 Å². The summed E-state index contributed by atoms with van der Waals surface area (Å²) >= 11 is 2.46. The molecule has 0 spiro atoms. The van der Waals surface area contributed by atoms with Crippen LogP contribution in [0.15, 0.2) is 24.3 Å². The fourth-order valence-electron chi connectivity index (χ4n) is 2.42. The molecule has 0 aliphatic heterocycles. The smallest absolute Gasteiger partial charge is 0.0162 e. The molecule has 0 radical (unpaired) electrons. The number of aryl methyl sites for hydroxylation is 1. The van der Waals surface area contributed by atoms with Crippen LogP contribution >= 0.6 is 31.2 Å². The Morgan fingerprint density at radius 3 is 2.62 bits per heavy atom. The SMILES string of the molecule is Ic1ccccc1CCPC1CCCCC1. The van der Waals surface area contributed by atoms with Gasteiger partial charge in [-0.15, -0.1) is 8.58 Å². The molecule has 1 saturated carbocycles. The molecule has 1 aliphatic carbocycles. The van der Waals surface area contributed by atoms with Gasteiger partial charge in [0.25, 0.3) is 0 Å². The van der Waals surface area contributed by atoms with Crippen LogP contribution in [0.25, 0.3) is 0 Å². The lowest BCUT2D eigenvalue weighted by Gasteiger charge is -2.21. The van der Waals surface area contributed by atoms with Gasteiger partial charge < -0.3 is 0 Å². The van der Waals surface area contributed by atoms with Gasteiger partial charge in [0.2, 0.25) is 0 Å². The number of hydrogen-bond acceptors (Lipinski definition) is 0. The molecule has 0 amide bonds. The van der Waals surface area contributed by atoms with Crippen molar-refractivity contribution in [3.8, 4) is 0 Å². The molecule has 0 aromatic heterocycles. The van der Waals surface area contributed by atoms with Crippen molar-refractivity contribution >= 4 is 31.2 Å². The van der Waals surface area contributed by atoms with Gasteiger partial charge in [0, 0.05) is 3.57 Å². The molecule has 2 heteroatoms. The van der Waals surface area contributed by atoms with Crippen molar-refractivity contribution in [2.24, 2.45) is 0 Å². The summed E-state index contributed by atoms with van der Waals surface area (Å²) in [5.41, 5.74) is 2.61. The van der Waals surface area contributed by atoms with E-state index in [1.165, 1.54) is 56.8 Å². The first kappa shape index (κ1) is 12.8. The molecule has 0 saturated heterocycles. The van der Waals surface area contributed by atoms with Crippen LogP contribution in [-0.4, -0.2) is 11.8 Å². The van der Waals surface area contributed by atoms with E-state index in [4.69, 9.17) is 0 Å². The number of hydrogen-bond donors (Lipinski definition) is 0. The predicted octanol–water partition coefficient (Wildman–Crippen LogP) is 4.84. The largest absolute Gasteiger partial charge is 0.119 e. The third-order valence-corrected chi connectivity index (χ3v) is 6.14. The van der Waals surface area contributed by atoms with E-state index in [1.807, 2.05) is 0 Å². The van der Waals surface area contributed by atoms with E-state index in [1.54, 1.807) is 5.56 Å². The van der Waals surface area contributed by atoms with Crippen molar-refractivity contribution in [2.75, 3.05) is 6.16 Å². The summed E-state index contributed by atoms with van der Waals surface area (Å²) in [5, 5.41) is 0. The summed E-state index contributed by atoms with van der Waals surface area (Å²) in [6.07, 6.45) is 10.2. The van der Waals surface area contributed by atoms with E-state index in [-0.39, 0.29) is 0 Å². The minimum Gasteiger partial charge on any atom is -0.119 e. The third-order valence-electron chi connectivity index (χ3n) is 3.39. The zero-order valence-corrected chi connectivity index (χ0v) is 12.9. The Bertz CT molecular complexity index is 318. The zero-order valence-electron chi connectivity index (χ0n) is 9.71. The topological polar surface area (TPSA) is 0 Å². The maximum atomic E-state index is 2.46. The van der Waals surface area contributed by atoms with E-state index in [2.05, 4.69) is 46.9 Å². The van der Waals surface area contributed by atoms with Crippen LogP contribution in [0.2, 0.25) is 0 Å². The maximum Gasteiger partial charge on any atom is 0.0162 e. The second-order valence-corrected chi connectivity index (χ2v) is 7.52. The Morgan fingerprint density at radius 2 is 1.88 bits per heavy atom. The van der Waals surface area contributed by atoms with Crippen LogP contribution < -0.4 is 0 Å². The van der Waals surface area contributed by atoms with Gasteiger partial charge in [-0.2, -0.15) is 0 Å². The average molecular weight is 346 g/mol. The van der Waals surface area contributed by atoms with Crippen LogP contribution in [0, 0.1) is 3.57 Å². The first-order valence-corrected chi connectivity index (χ1v) is 8.69. The highest BCUT2D eigenvalue weighted by Crippen LogP contribution is 2.33. The van der Waals surface area contributed by atoms with Gasteiger partial charge in [-0.05, 0) is 65.3 Å². The highest BCUT2D eigenvalue weighted by Gasteiger charge is 2.12. The van der Waals surface area contributed by atoms with Crippen molar-refractivity contribution in [1.82, 2.24) is 0 Å². The normalized spacial score (nSPS) is 18.3. The first-order chi connectivity index (χ1) is 7.86. The predicted molar refractivity (Wildman–Crippen MR) is 82.9 cm³/mol. The van der Waals surface area contributed by atoms with Crippen molar-refractivity contribution < 1.29 is 0 Å². The summed E-state index contributed by atoms with van der Waals surface area (Å²) in [6.45, 7) is 0. The Labute approximate surface area is 115 Å². The molecule has 1 aromatic rings. The first-order valence-electron chi connectivity index (χ1n) is 6.33. The lowest BCUT2D eigenvalue weighted by molar-refractivity contribution is 0.513. The lowest BCUT2D eigenvalue weighted by atomic mass is 10.0. The fraction of sp³-hybridized carbons (Fsp3) is 0.571. The molecule has 0 heterocycles. The lowest BCUT2D eigenvalue weighted by Crippen LogP contribution is -2.07. The quantitative estimate of drug-likeness (QED) is 0.540. The number of benzene rings is 1. The van der Waals surface area contributed by atoms with E-state index in [9.17, 15) is 0 Å². The van der Waals surface area contributed by atoms with Crippen LogP contribution in [0.1, 0.15) is 37.7 Å². The molecule has 1 atom stereocenters. The van der Waals surface area contributed by atoms with E-state index >= 15 is 0 Å². The molecule has 2 rings (SSSR count). The molecule has 1 unspecified atom stereocenters. The van der Waals surface area contributed by atoms with Crippen molar-refractivity contribution in [2.45, 2.75) is 44.2 Å². The molecule has 16 heavy (non-hydrogen) atoms. The summed E-state index contributed by atoms with van der Waals surface area (Å²) < 4.78 is 1.44. The van der Waals surface area contributed by atoms with Gasteiger partial charge in [0.1, 0.15) is 0 Å². The van der Waals surface area contributed by atoms with Crippen LogP contribution in [0.5, 0.6) is 0 Å². The number of halogens is 1. The molecule has 0 bridgehead atoms. The maximum absolute atomic E-state index is 2.46. The Hall–Kier alpha value is 0.380. The fourth-order valence-corrected chi connectivity index (χ4v) is 4.71. The van der Waals surface area contributed by atoms with Gasteiger partial charge >= 0.3 is 0 Å².